The zero-order valence-corrected chi connectivity index (χ0v) is 18.3. The van der Waals surface area contributed by atoms with Crippen LogP contribution in [0.3, 0.4) is 0 Å². The first-order valence-corrected chi connectivity index (χ1v) is 9.95. The lowest BCUT2D eigenvalue weighted by molar-refractivity contribution is -0.143. The van der Waals surface area contributed by atoms with Gasteiger partial charge in [-0.05, 0) is 36.4 Å². The number of rotatable bonds is 10. The topological polar surface area (TPSA) is 163 Å². The zero-order valence-electron chi connectivity index (χ0n) is 18.3. The van der Waals surface area contributed by atoms with E-state index in [1.54, 1.807) is 18.2 Å². The van der Waals surface area contributed by atoms with Crippen LogP contribution >= 0.6 is 0 Å². The number of allylic oxidation sites excluding steroid dienone is 1. The van der Waals surface area contributed by atoms with Crippen LogP contribution < -0.4 is 30.0 Å². The Morgan fingerprint density at radius 3 is 2.50 bits per heavy atom. The number of aliphatic carboxylic acids is 1. The third-order valence-electron chi connectivity index (χ3n) is 4.77. The molecule has 178 valence electrons. The number of carbonyl (C=O) groups is 4. The van der Waals surface area contributed by atoms with Crippen molar-refractivity contribution in [1.82, 2.24) is 5.32 Å². The molecular weight excluding hydrogens is 448 g/mol. The first kappa shape index (κ1) is 24.1. The third kappa shape index (κ3) is 5.63. The molecule has 0 bridgehead atoms. The molecule has 0 radical (unpaired) electrons. The lowest BCUT2D eigenvalue weighted by Crippen LogP contribution is -2.45. The van der Waals surface area contributed by atoms with Crippen LogP contribution in [0.2, 0.25) is 0 Å². The summed E-state index contributed by atoms with van der Waals surface area (Å²) in [6.07, 6.45) is 0.978. The summed E-state index contributed by atoms with van der Waals surface area (Å²) in [5.41, 5.74) is 5.86. The molecule has 2 aromatic carbocycles. The molecule has 11 nitrogen and oxygen atoms in total. The Labute approximate surface area is 194 Å². The predicted octanol–water partition coefficient (Wildman–Crippen LogP) is 1.14. The van der Waals surface area contributed by atoms with Crippen LogP contribution in [0.15, 0.2) is 42.2 Å². The van der Waals surface area contributed by atoms with E-state index in [4.69, 9.17) is 29.8 Å². The Kier molecular flexibility index (Phi) is 7.36. The lowest BCUT2D eigenvalue weighted by Gasteiger charge is -2.13. The number of Topliss-reactive ketones (excluding diaryl/α,β-unsaturated/α-hetero) is 1. The highest BCUT2D eigenvalue weighted by atomic mass is 16.5. The Morgan fingerprint density at radius 2 is 1.85 bits per heavy atom. The number of carboxylic acids is 1. The summed E-state index contributed by atoms with van der Waals surface area (Å²) in [5, 5.41) is 11.2. The molecule has 1 aliphatic rings. The minimum Gasteiger partial charge on any atom is -0.497 e. The predicted molar refractivity (Wildman–Crippen MR) is 118 cm³/mol. The quantitative estimate of drug-likeness (QED) is 0.432. The van der Waals surface area contributed by atoms with Crippen molar-refractivity contribution in [2.24, 2.45) is 5.73 Å². The van der Waals surface area contributed by atoms with Gasteiger partial charge < -0.3 is 35.1 Å². The lowest BCUT2D eigenvalue weighted by atomic mass is 10.1. The number of nitrogens with two attached hydrogens (primary N) is 1. The maximum Gasteiger partial charge on any atom is 0.326 e. The first-order chi connectivity index (χ1) is 16.2. The van der Waals surface area contributed by atoms with Gasteiger partial charge in [0.25, 0.3) is 5.91 Å². The first-order valence-electron chi connectivity index (χ1n) is 9.95. The minimum absolute atomic E-state index is 0.0622. The number of primary amides is 1. The molecule has 34 heavy (non-hydrogen) atoms. The molecule has 3 rings (SSSR count). The van der Waals surface area contributed by atoms with Gasteiger partial charge in [0, 0.05) is 11.6 Å². The van der Waals surface area contributed by atoms with Crippen molar-refractivity contribution in [2.45, 2.75) is 12.5 Å². The van der Waals surface area contributed by atoms with Crippen molar-refractivity contribution in [3.05, 3.63) is 53.3 Å². The SMILES string of the molecule is COc1ccc(OC)c(/C=C2\Oc3cc(OCC(=O)N[C@@H](CC(N)=O)C(=O)O)ccc3C2=O)c1. The number of benzene rings is 2. The van der Waals surface area contributed by atoms with Crippen molar-refractivity contribution >= 4 is 29.6 Å². The van der Waals surface area contributed by atoms with Crippen molar-refractivity contribution in [3.8, 4) is 23.0 Å². The molecule has 0 spiro atoms. The maximum absolute atomic E-state index is 12.7. The fourth-order valence-corrected chi connectivity index (χ4v) is 3.14. The van der Waals surface area contributed by atoms with E-state index in [2.05, 4.69) is 5.32 Å². The van der Waals surface area contributed by atoms with Gasteiger partial charge in [-0.1, -0.05) is 0 Å². The molecule has 4 N–H and O–H groups in total. The van der Waals surface area contributed by atoms with E-state index in [1.165, 1.54) is 38.5 Å². The van der Waals surface area contributed by atoms with Gasteiger partial charge in [-0.3, -0.25) is 14.4 Å². The van der Waals surface area contributed by atoms with Gasteiger partial charge in [0.05, 0.1) is 26.2 Å². The fraction of sp³-hybridized carbons (Fsp3) is 0.217. The fourth-order valence-electron chi connectivity index (χ4n) is 3.14. The number of methoxy groups -OCH3 is 2. The number of hydrogen-bond donors (Lipinski definition) is 3. The molecule has 0 saturated heterocycles. The number of carboxylic acid groups (broad SMARTS) is 1. The molecule has 0 aromatic heterocycles. The van der Waals surface area contributed by atoms with Gasteiger partial charge in [0.1, 0.15) is 29.0 Å². The molecule has 11 heteroatoms. The van der Waals surface area contributed by atoms with Crippen LogP contribution in [-0.4, -0.2) is 55.5 Å². The van der Waals surface area contributed by atoms with Crippen LogP contribution in [-0.2, 0) is 14.4 Å². The molecule has 2 amide bonds. The highest BCUT2D eigenvalue weighted by Crippen LogP contribution is 2.36. The average molecular weight is 470 g/mol. The Morgan fingerprint density at radius 1 is 1.12 bits per heavy atom. The number of fused-ring (bicyclic) bond motifs is 1. The summed E-state index contributed by atoms with van der Waals surface area (Å²) in [6.45, 7) is -0.529. The standard InChI is InChI=1S/C23H22N2O9/c1-31-13-4-6-17(32-2)12(7-13)8-19-22(28)15-5-3-14(9-18(15)34-19)33-11-21(27)25-16(23(29)30)10-20(24)26/h3-9,16H,10-11H2,1-2H3,(H2,24,26)(H,25,27)(H,29,30)/b19-8-/t16-/m0/s1. The zero-order chi connectivity index (χ0) is 24.8. The van der Waals surface area contributed by atoms with E-state index < -0.39 is 36.9 Å². The summed E-state index contributed by atoms with van der Waals surface area (Å²) in [5.74, 6) is -1.79. The van der Waals surface area contributed by atoms with Gasteiger partial charge >= 0.3 is 5.97 Å². The van der Waals surface area contributed by atoms with Crippen LogP contribution in [0.4, 0.5) is 0 Å². The van der Waals surface area contributed by atoms with E-state index >= 15 is 0 Å². The number of nitrogens with one attached hydrogen (secondary N) is 1. The average Bonchev–Trinajstić information content (AvgIpc) is 3.11. The van der Waals surface area contributed by atoms with Crippen LogP contribution in [0.25, 0.3) is 6.08 Å². The van der Waals surface area contributed by atoms with Gasteiger partial charge in [-0.25, -0.2) is 4.79 Å². The molecule has 1 aliphatic heterocycles. The minimum atomic E-state index is -1.46. The summed E-state index contributed by atoms with van der Waals surface area (Å²) in [4.78, 5) is 46.8. The van der Waals surface area contributed by atoms with E-state index in [0.29, 0.717) is 22.6 Å². The second-order valence-corrected chi connectivity index (χ2v) is 7.12. The van der Waals surface area contributed by atoms with E-state index in [-0.39, 0.29) is 23.0 Å². The monoisotopic (exact) mass is 470 g/mol. The van der Waals surface area contributed by atoms with Gasteiger partial charge in [0.2, 0.25) is 11.7 Å². The number of amides is 2. The number of ether oxygens (including phenoxy) is 4. The van der Waals surface area contributed by atoms with Gasteiger partial charge in [-0.15, -0.1) is 0 Å². The largest absolute Gasteiger partial charge is 0.497 e. The molecule has 0 fully saturated rings. The number of ketones is 1. The second-order valence-electron chi connectivity index (χ2n) is 7.12. The number of carbonyl (C=O) groups excluding carboxylic acids is 3. The van der Waals surface area contributed by atoms with Crippen molar-refractivity contribution in [2.75, 3.05) is 20.8 Å². The summed E-state index contributed by atoms with van der Waals surface area (Å²) >= 11 is 0. The Balaban J connectivity index is 1.70. The molecule has 0 saturated carbocycles. The smallest absolute Gasteiger partial charge is 0.326 e. The van der Waals surface area contributed by atoms with Crippen LogP contribution in [0, 0.1) is 0 Å². The van der Waals surface area contributed by atoms with Crippen molar-refractivity contribution < 1.29 is 43.2 Å². The van der Waals surface area contributed by atoms with E-state index in [1.807, 2.05) is 0 Å². The molecule has 0 unspecified atom stereocenters. The van der Waals surface area contributed by atoms with Gasteiger partial charge in [-0.2, -0.15) is 0 Å². The molecule has 2 aromatic rings. The summed E-state index contributed by atoms with van der Waals surface area (Å²) in [6, 6.07) is 8.05. The maximum atomic E-state index is 12.7. The summed E-state index contributed by atoms with van der Waals surface area (Å²) in [7, 11) is 3.02. The Hall–Kier alpha value is -4.54. The van der Waals surface area contributed by atoms with Crippen molar-refractivity contribution in [3.63, 3.8) is 0 Å². The number of hydrogen-bond acceptors (Lipinski definition) is 8. The highest BCUT2D eigenvalue weighted by Gasteiger charge is 2.28. The Bertz CT molecular complexity index is 1170. The molecular formula is C23H22N2O9. The van der Waals surface area contributed by atoms with Crippen molar-refractivity contribution in [1.29, 1.82) is 0 Å². The van der Waals surface area contributed by atoms with E-state index in [9.17, 15) is 19.2 Å². The van der Waals surface area contributed by atoms with Gasteiger partial charge in [0.15, 0.2) is 12.4 Å². The van der Waals surface area contributed by atoms with E-state index in [0.717, 1.165) is 0 Å². The third-order valence-corrected chi connectivity index (χ3v) is 4.77. The molecule has 1 heterocycles. The second kappa shape index (κ2) is 10.4. The summed E-state index contributed by atoms with van der Waals surface area (Å²) < 4.78 is 21.6. The highest BCUT2D eigenvalue weighted by molar-refractivity contribution is 6.14. The normalized spacial score (nSPS) is 14.1. The molecule has 0 aliphatic carbocycles. The molecule has 1 atom stereocenters. The van der Waals surface area contributed by atoms with Crippen LogP contribution in [0.1, 0.15) is 22.3 Å². The van der Waals surface area contributed by atoms with Crippen LogP contribution in [0.5, 0.6) is 23.0 Å².